The van der Waals surface area contributed by atoms with Crippen LogP contribution >= 0.6 is 11.3 Å². The molecular weight excluding hydrogens is 244 g/mol. The maximum atomic E-state index is 12.0. The summed E-state index contributed by atoms with van der Waals surface area (Å²) in [5.41, 5.74) is 0. The van der Waals surface area contributed by atoms with E-state index in [1.165, 1.54) is 9.88 Å². The second kappa shape index (κ2) is 6.14. The predicted octanol–water partition coefficient (Wildman–Crippen LogP) is 3.12. The summed E-state index contributed by atoms with van der Waals surface area (Å²) in [6, 6.07) is 0. The lowest BCUT2D eigenvalue weighted by atomic mass is 9.98. The van der Waals surface area contributed by atoms with Crippen molar-refractivity contribution in [3.8, 4) is 0 Å². The van der Waals surface area contributed by atoms with Crippen molar-refractivity contribution in [3.63, 3.8) is 0 Å². The van der Waals surface area contributed by atoms with E-state index in [4.69, 9.17) is 0 Å². The first-order valence-corrected chi connectivity index (χ1v) is 7.33. The molecule has 1 fully saturated rings. The zero-order valence-electron chi connectivity index (χ0n) is 10.9. The molecule has 4 heteroatoms. The van der Waals surface area contributed by atoms with Gasteiger partial charge in [-0.25, -0.2) is 4.98 Å². The normalized spacial score (nSPS) is 19.8. The average molecular weight is 264 g/mol. The third-order valence-electron chi connectivity index (χ3n) is 3.32. The molecule has 0 aromatic carbocycles. The van der Waals surface area contributed by atoms with Crippen molar-refractivity contribution < 1.29 is 4.79 Å². The molecule has 1 atom stereocenters. The molecule has 0 saturated carbocycles. The van der Waals surface area contributed by atoms with Crippen LogP contribution in [0.5, 0.6) is 0 Å². The standard InChI is InChI=1S/C14H20N2OS/c1-3-4-7-13(17)16-8-5-6-12(10-16)14-15-9-11(2)18-14/h3,9,12H,1,4-8,10H2,2H3/t12-/m1/s1. The smallest absolute Gasteiger partial charge is 0.222 e. The van der Waals surface area contributed by atoms with Crippen LogP contribution in [0.25, 0.3) is 0 Å². The van der Waals surface area contributed by atoms with E-state index in [1.807, 2.05) is 17.2 Å². The molecule has 1 aliphatic rings. The molecule has 0 N–H and O–H groups in total. The van der Waals surface area contributed by atoms with Gasteiger partial charge in [0.25, 0.3) is 0 Å². The van der Waals surface area contributed by atoms with E-state index in [1.54, 1.807) is 11.3 Å². The minimum absolute atomic E-state index is 0.257. The molecule has 1 aromatic heterocycles. The Morgan fingerprint density at radius 3 is 3.22 bits per heavy atom. The number of rotatable bonds is 4. The molecule has 1 amide bonds. The Morgan fingerprint density at radius 2 is 2.56 bits per heavy atom. The lowest BCUT2D eigenvalue weighted by Gasteiger charge is -2.31. The number of likely N-dealkylation sites (tertiary alicyclic amines) is 1. The number of aryl methyl sites for hydroxylation is 1. The highest BCUT2D eigenvalue weighted by Crippen LogP contribution is 2.29. The second-order valence-corrected chi connectivity index (χ2v) is 6.08. The van der Waals surface area contributed by atoms with Crippen LogP contribution in [-0.4, -0.2) is 28.9 Å². The molecule has 18 heavy (non-hydrogen) atoms. The first-order chi connectivity index (χ1) is 8.70. The molecule has 0 bridgehead atoms. The van der Waals surface area contributed by atoms with Crippen molar-refractivity contribution in [3.05, 3.63) is 28.7 Å². The van der Waals surface area contributed by atoms with Gasteiger partial charge < -0.3 is 4.90 Å². The van der Waals surface area contributed by atoms with Crippen LogP contribution in [0.15, 0.2) is 18.9 Å². The Balaban J connectivity index is 1.96. The molecule has 98 valence electrons. The number of allylic oxidation sites excluding steroid dienone is 1. The summed E-state index contributed by atoms with van der Waals surface area (Å²) >= 11 is 1.76. The van der Waals surface area contributed by atoms with Gasteiger partial charge in [0.15, 0.2) is 0 Å². The SMILES string of the molecule is C=CCCC(=O)N1CCC[C@@H](c2ncc(C)s2)C1. The van der Waals surface area contributed by atoms with E-state index in [0.717, 1.165) is 32.4 Å². The number of thiazole rings is 1. The summed E-state index contributed by atoms with van der Waals surface area (Å²) in [6.07, 6.45) is 7.34. The quantitative estimate of drug-likeness (QED) is 0.783. The number of hydrogen-bond donors (Lipinski definition) is 0. The van der Waals surface area contributed by atoms with Crippen LogP contribution in [-0.2, 0) is 4.79 Å². The minimum atomic E-state index is 0.257. The molecule has 1 aliphatic heterocycles. The van der Waals surface area contributed by atoms with Crippen molar-refractivity contribution in [2.24, 2.45) is 0 Å². The van der Waals surface area contributed by atoms with Gasteiger partial charge in [-0.3, -0.25) is 4.79 Å². The van der Waals surface area contributed by atoms with Gasteiger partial charge in [-0.05, 0) is 26.2 Å². The number of aromatic nitrogens is 1. The molecule has 2 rings (SSSR count). The van der Waals surface area contributed by atoms with Gasteiger partial charge in [-0.15, -0.1) is 17.9 Å². The largest absolute Gasteiger partial charge is 0.342 e. The van der Waals surface area contributed by atoms with Crippen molar-refractivity contribution in [1.29, 1.82) is 0 Å². The van der Waals surface area contributed by atoms with Crippen LogP contribution in [0.2, 0.25) is 0 Å². The molecular formula is C14H20N2OS. The predicted molar refractivity (Wildman–Crippen MR) is 74.8 cm³/mol. The van der Waals surface area contributed by atoms with Gasteiger partial charge >= 0.3 is 0 Å². The van der Waals surface area contributed by atoms with Gasteiger partial charge in [0.1, 0.15) is 0 Å². The Morgan fingerprint density at radius 1 is 1.72 bits per heavy atom. The van der Waals surface area contributed by atoms with Crippen LogP contribution in [0, 0.1) is 6.92 Å². The third kappa shape index (κ3) is 3.19. The Kier molecular flexibility index (Phi) is 4.53. The highest BCUT2D eigenvalue weighted by molar-refractivity contribution is 7.11. The first-order valence-electron chi connectivity index (χ1n) is 6.51. The fourth-order valence-corrected chi connectivity index (χ4v) is 3.25. The van der Waals surface area contributed by atoms with Crippen molar-refractivity contribution in [2.45, 2.75) is 38.5 Å². The van der Waals surface area contributed by atoms with E-state index in [2.05, 4.69) is 18.5 Å². The summed E-state index contributed by atoms with van der Waals surface area (Å²) in [4.78, 5) is 19.7. The molecule has 0 radical (unpaired) electrons. The molecule has 0 aliphatic carbocycles. The molecule has 2 heterocycles. The van der Waals surface area contributed by atoms with Gasteiger partial charge in [-0.2, -0.15) is 0 Å². The average Bonchev–Trinajstić information content (AvgIpc) is 2.83. The highest BCUT2D eigenvalue weighted by atomic mass is 32.1. The number of hydrogen-bond acceptors (Lipinski definition) is 3. The van der Waals surface area contributed by atoms with Gasteiger partial charge in [0.2, 0.25) is 5.91 Å². The third-order valence-corrected chi connectivity index (χ3v) is 4.40. The van der Waals surface area contributed by atoms with Gasteiger partial charge in [-0.1, -0.05) is 6.08 Å². The number of nitrogens with zero attached hydrogens (tertiary/aromatic N) is 2. The second-order valence-electron chi connectivity index (χ2n) is 4.82. The monoisotopic (exact) mass is 264 g/mol. The fraction of sp³-hybridized carbons (Fsp3) is 0.571. The van der Waals surface area contributed by atoms with Crippen molar-refractivity contribution in [1.82, 2.24) is 9.88 Å². The fourth-order valence-electron chi connectivity index (χ4n) is 2.35. The van der Waals surface area contributed by atoms with E-state index in [9.17, 15) is 4.79 Å². The number of carbonyl (C=O) groups excluding carboxylic acids is 1. The van der Waals surface area contributed by atoms with Crippen molar-refractivity contribution in [2.75, 3.05) is 13.1 Å². The number of carbonyl (C=O) groups is 1. The zero-order valence-corrected chi connectivity index (χ0v) is 11.7. The zero-order chi connectivity index (χ0) is 13.0. The Labute approximate surface area is 113 Å². The van der Waals surface area contributed by atoms with Crippen LogP contribution < -0.4 is 0 Å². The molecule has 0 spiro atoms. The summed E-state index contributed by atoms with van der Waals surface area (Å²) in [5.74, 6) is 0.693. The Bertz CT molecular complexity index is 427. The number of amides is 1. The summed E-state index contributed by atoms with van der Waals surface area (Å²) in [7, 11) is 0. The van der Waals surface area contributed by atoms with Gasteiger partial charge in [0, 0.05) is 36.5 Å². The lowest BCUT2D eigenvalue weighted by molar-refractivity contribution is -0.132. The van der Waals surface area contributed by atoms with Gasteiger partial charge in [0.05, 0.1) is 5.01 Å². The molecule has 1 saturated heterocycles. The Hall–Kier alpha value is -1.16. The summed E-state index contributed by atoms with van der Waals surface area (Å²) in [5, 5.41) is 1.19. The number of piperidine rings is 1. The van der Waals surface area contributed by atoms with Crippen LogP contribution in [0.3, 0.4) is 0 Å². The molecule has 0 unspecified atom stereocenters. The van der Waals surface area contributed by atoms with E-state index in [-0.39, 0.29) is 5.91 Å². The highest BCUT2D eigenvalue weighted by Gasteiger charge is 2.25. The maximum Gasteiger partial charge on any atom is 0.222 e. The molecule has 1 aromatic rings. The van der Waals surface area contributed by atoms with Crippen LogP contribution in [0.1, 0.15) is 41.5 Å². The lowest BCUT2D eigenvalue weighted by Crippen LogP contribution is -2.38. The summed E-state index contributed by atoms with van der Waals surface area (Å²) in [6.45, 7) is 7.48. The minimum Gasteiger partial charge on any atom is -0.342 e. The topological polar surface area (TPSA) is 33.2 Å². The van der Waals surface area contributed by atoms with E-state index < -0.39 is 0 Å². The van der Waals surface area contributed by atoms with Crippen molar-refractivity contribution >= 4 is 17.2 Å². The summed E-state index contributed by atoms with van der Waals surface area (Å²) < 4.78 is 0. The van der Waals surface area contributed by atoms with Crippen LogP contribution in [0.4, 0.5) is 0 Å². The molecule has 3 nitrogen and oxygen atoms in total. The first kappa shape index (κ1) is 13.3. The van der Waals surface area contributed by atoms with E-state index >= 15 is 0 Å². The van der Waals surface area contributed by atoms with E-state index in [0.29, 0.717) is 12.3 Å². The maximum absolute atomic E-state index is 12.0.